The molecule has 0 amide bonds. The molecule has 1 unspecified atom stereocenters. The zero-order valence-electron chi connectivity index (χ0n) is 9.60. The normalized spacial score (nSPS) is 13.1. The minimum absolute atomic E-state index is 0.180. The van der Waals surface area contributed by atoms with E-state index in [9.17, 15) is 8.42 Å². The number of halogens is 1. The lowest BCUT2D eigenvalue weighted by Crippen LogP contribution is -2.30. The molecule has 1 atom stereocenters. The predicted octanol–water partition coefficient (Wildman–Crippen LogP) is 2.31. The summed E-state index contributed by atoms with van der Waals surface area (Å²) in [5.41, 5.74) is 0. The van der Waals surface area contributed by atoms with Gasteiger partial charge in [0.25, 0.3) is 0 Å². The Morgan fingerprint density at radius 1 is 1.53 bits per heavy atom. The van der Waals surface area contributed by atoms with Crippen molar-refractivity contribution in [1.29, 1.82) is 0 Å². The van der Waals surface area contributed by atoms with Crippen LogP contribution >= 0.6 is 15.9 Å². The maximum absolute atomic E-state index is 11.9. The van der Waals surface area contributed by atoms with Gasteiger partial charge in [0.05, 0.1) is 16.5 Å². The van der Waals surface area contributed by atoms with Crippen LogP contribution in [0.15, 0.2) is 40.2 Å². The number of hydrogen-bond donors (Lipinski definition) is 1. The van der Waals surface area contributed by atoms with Gasteiger partial charge >= 0.3 is 0 Å². The maximum atomic E-state index is 11.9. The molecule has 0 radical (unpaired) electrons. The average molecular weight is 320 g/mol. The van der Waals surface area contributed by atoms with Crippen LogP contribution in [-0.2, 0) is 10.0 Å². The van der Waals surface area contributed by atoms with Crippen molar-refractivity contribution in [3.63, 3.8) is 0 Å². The van der Waals surface area contributed by atoms with Gasteiger partial charge in [-0.2, -0.15) is 0 Å². The second-order valence-corrected chi connectivity index (χ2v) is 6.01. The second kappa shape index (κ2) is 5.66. The molecule has 0 aliphatic heterocycles. The van der Waals surface area contributed by atoms with Crippen molar-refractivity contribution >= 4 is 26.0 Å². The quantitative estimate of drug-likeness (QED) is 0.847. The Kier molecular flexibility index (Phi) is 4.73. The lowest BCUT2D eigenvalue weighted by atomic mass is 10.3. The maximum Gasteiger partial charge on any atom is 0.241 e. The number of nitrogens with one attached hydrogen (secondary N) is 1. The molecule has 17 heavy (non-hydrogen) atoms. The van der Waals surface area contributed by atoms with Crippen molar-refractivity contribution < 1.29 is 13.2 Å². The molecule has 0 saturated carbocycles. The molecule has 0 spiro atoms. The van der Waals surface area contributed by atoms with Crippen molar-refractivity contribution in [2.24, 2.45) is 0 Å². The molecule has 4 nitrogen and oxygen atoms in total. The van der Waals surface area contributed by atoms with Crippen molar-refractivity contribution in [2.45, 2.75) is 17.9 Å². The highest BCUT2D eigenvalue weighted by molar-refractivity contribution is 9.10. The third-order valence-electron chi connectivity index (χ3n) is 2.13. The van der Waals surface area contributed by atoms with Crippen LogP contribution in [0.5, 0.6) is 5.75 Å². The average Bonchev–Trinajstić information content (AvgIpc) is 2.28. The zero-order valence-corrected chi connectivity index (χ0v) is 12.0. The molecule has 0 aliphatic carbocycles. The van der Waals surface area contributed by atoms with E-state index < -0.39 is 10.0 Å². The van der Waals surface area contributed by atoms with Gasteiger partial charge in [0, 0.05) is 6.04 Å². The van der Waals surface area contributed by atoms with Gasteiger partial charge in [-0.05, 0) is 41.1 Å². The van der Waals surface area contributed by atoms with Crippen LogP contribution in [0, 0.1) is 0 Å². The van der Waals surface area contributed by atoms with E-state index in [1.807, 2.05) is 0 Å². The summed E-state index contributed by atoms with van der Waals surface area (Å²) in [5, 5.41) is 0. The van der Waals surface area contributed by atoms with Crippen LogP contribution < -0.4 is 9.46 Å². The van der Waals surface area contributed by atoms with E-state index in [-0.39, 0.29) is 10.9 Å². The lowest BCUT2D eigenvalue weighted by molar-refractivity contribution is 0.411. The van der Waals surface area contributed by atoms with E-state index in [4.69, 9.17) is 4.74 Å². The topological polar surface area (TPSA) is 55.4 Å². The van der Waals surface area contributed by atoms with Gasteiger partial charge in [-0.25, -0.2) is 13.1 Å². The molecule has 0 aliphatic rings. The first-order valence-corrected chi connectivity index (χ1v) is 7.16. The molecule has 1 aromatic rings. The van der Waals surface area contributed by atoms with Gasteiger partial charge in [-0.3, -0.25) is 0 Å². The summed E-state index contributed by atoms with van der Waals surface area (Å²) >= 11 is 3.25. The van der Waals surface area contributed by atoms with Crippen LogP contribution in [-0.4, -0.2) is 21.6 Å². The number of ether oxygens (including phenoxy) is 1. The molecule has 1 aromatic carbocycles. The van der Waals surface area contributed by atoms with Crippen LogP contribution in [0.25, 0.3) is 0 Å². The van der Waals surface area contributed by atoms with E-state index in [2.05, 4.69) is 27.2 Å². The molecule has 0 fully saturated rings. The Bertz CT molecular complexity index is 513. The fourth-order valence-corrected chi connectivity index (χ4v) is 3.11. The highest BCUT2D eigenvalue weighted by Gasteiger charge is 2.17. The second-order valence-electron chi connectivity index (χ2n) is 3.44. The lowest BCUT2D eigenvalue weighted by Gasteiger charge is -2.11. The van der Waals surface area contributed by atoms with Gasteiger partial charge in [-0.15, -0.1) is 6.58 Å². The van der Waals surface area contributed by atoms with Crippen molar-refractivity contribution in [1.82, 2.24) is 4.72 Å². The Morgan fingerprint density at radius 3 is 2.65 bits per heavy atom. The SMILES string of the molecule is C=CC(C)NS(=O)(=O)c1ccc(OC)c(Br)c1. The number of sulfonamides is 1. The third kappa shape index (κ3) is 3.55. The predicted molar refractivity (Wildman–Crippen MR) is 70.7 cm³/mol. The van der Waals surface area contributed by atoms with Crippen molar-refractivity contribution in [3.8, 4) is 5.75 Å². The van der Waals surface area contributed by atoms with E-state index in [1.165, 1.54) is 25.3 Å². The minimum Gasteiger partial charge on any atom is -0.496 e. The molecular formula is C11H14BrNO3S. The standard InChI is InChI=1S/C11H14BrNO3S/c1-4-8(2)13-17(14,15)9-5-6-11(16-3)10(12)7-9/h4-8,13H,1H2,2-3H3. The van der Waals surface area contributed by atoms with Crippen LogP contribution in [0.3, 0.4) is 0 Å². The van der Waals surface area contributed by atoms with Gasteiger partial charge in [0.1, 0.15) is 5.75 Å². The molecule has 94 valence electrons. The number of benzene rings is 1. The first-order valence-electron chi connectivity index (χ1n) is 4.89. The van der Waals surface area contributed by atoms with E-state index in [1.54, 1.807) is 13.0 Å². The first-order chi connectivity index (χ1) is 7.90. The molecular weight excluding hydrogens is 306 g/mol. The van der Waals surface area contributed by atoms with Crippen LogP contribution in [0.4, 0.5) is 0 Å². The van der Waals surface area contributed by atoms with Crippen LogP contribution in [0.2, 0.25) is 0 Å². The van der Waals surface area contributed by atoms with Gasteiger partial charge < -0.3 is 4.74 Å². The molecule has 6 heteroatoms. The van der Waals surface area contributed by atoms with E-state index in [0.29, 0.717) is 10.2 Å². The van der Waals surface area contributed by atoms with Gasteiger partial charge in [-0.1, -0.05) is 6.08 Å². The number of methoxy groups -OCH3 is 1. The van der Waals surface area contributed by atoms with E-state index >= 15 is 0 Å². The Hall–Kier alpha value is -0.850. The monoisotopic (exact) mass is 319 g/mol. The zero-order chi connectivity index (χ0) is 13.1. The molecule has 1 rings (SSSR count). The Balaban J connectivity index is 3.08. The Labute approximate surface area is 110 Å². The molecule has 0 aromatic heterocycles. The summed E-state index contributed by atoms with van der Waals surface area (Å²) in [6.45, 7) is 5.24. The van der Waals surface area contributed by atoms with Crippen molar-refractivity contribution in [3.05, 3.63) is 35.3 Å². The van der Waals surface area contributed by atoms with Crippen LogP contribution in [0.1, 0.15) is 6.92 Å². The number of hydrogen-bond acceptors (Lipinski definition) is 3. The molecule has 0 heterocycles. The van der Waals surface area contributed by atoms with Gasteiger partial charge in [0.15, 0.2) is 0 Å². The first kappa shape index (κ1) is 14.2. The summed E-state index contributed by atoms with van der Waals surface area (Å²) in [7, 11) is -2.01. The highest BCUT2D eigenvalue weighted by Crippen LogP contribution is 2.27. The minimum atomic E-state index is -3.53. The number of rotatable bonds is 5. The van der Waals surface area contributed by atoms with Gasteiger partial charge in [0.2, 0.25) is 10.0 Å². The summed E-state index contributed by atoms with van der Waals surface area (Å²) in [6, 6.07) is 4.26. The summed E-state index contributed by atoms with van der Waals surface area (Å²) in [6.07, 6.45) is 1.52. The summed E-state index contributed by atoms with van der Waals surface area (Å²) in [5.74, 6) is 0.584. The molecule has 1 N–H and O–H groups in total. The Morgan fingerprint density at radius 2 is 2.18 bits per heavy atom. The summed E-state index contributed by atoms with van der Waals surface area (Å²) in [4.78, 5) is 0.180. The van der Waals surface area contributed by atoms with Crippen molar-refractivity contribution in [2.75, 3.05) is 7.11 Å². The highest BCUT2D eigenvalue weighted by atomic mass is 79.9. The molecule has 0 saturated heterocycles. The smallest absolute Gasteiger partial charge is 0.241 e. The third-order valence-corrected chi connectivity index (χ3v) is 4.30. The molecule has 0 bridgehead atoms. The van der Waals surface area contributed by atoms with E-state index in [0.717, 1.165) is 0 Å². The summed E-state index contributed by atoms with van der Waals surface area (Å²) < 4.78 is 32.0. The fraction of sp³-hybridized carbons (Fsp3) is 0.273. The fourth-order valence-electron chi connectivity index (χ4n) is 1.18. The largest absolute Gasteiger partial charge is 0.496 e.